The van der Waals surface area contributed by atoms with Gasteiger partial charge in [-0.25, -0.2) is 0 Å². The Balaban J connectivity index is 1.50. The van der Waals surface area contributed by atoms with Crippen molar-refractivity contribution in [1.29, 1.82) is 0 Å². The Kier molecular flexibility index (Phi) is 2.66. The van der Waals surface area contributed by atoms with Crippen LogP contribution in [0.15, 0.2) is 0 Å². The molecule has 1 amide bonds. The van der Waals surface area contributed by atoms with Crippen LogP contribution >= 0.6 is 0 Å². The molecule has 0 aromatic rings. The molecule has 1 aliphatic heterocycles. The zero-order valence-electron chi connectivity index (χ0n) is 10.1. The van der Waals surface area contributed by atoms with Gasteiger partial charge >= 0.3 is 0 Å². The lowest BCUT2D eigenvalue weighted by molar-refractivity contribution is -0.130. The lowest BCUT2D eigenvalue weighted by atomic mass is 10.1. The zero-order valence-corrected chi connectivity index (χ0v) is 10.1. The third-order valence-electron chi connectivity index (χ3n) is 4.25. The molecular formula is C13H22N2O. The minimum absolute atomic E-state index is 0.138. The third-order valence-corrected chi connectivity index (χ3v) is 4.25. The molecule has 3 rings (SSSR count). The highest BCUT2D eigenvalue weighted by molar-refractivity contribution is 5.84. The first-order chi connectivity index (χ1) is 7.74. The number of likely N-dealkylation sites (tertiary alicyclic amines) is 1. The molecule has 0 spiro atoms. The smallest absolute Gasteiger partial charge is 0.239 e. The van der Waals surface area contributed by atoms with Crippen LogP contribution in [-0.4, -0.2) is 36.0 Å². The highest BCUT2D eigenvalue weighted by Gasteiger charge is 2.37. The van der Waals surface area contributed by atoms with Gasteiger partial charge in [-0.2, -0.15) is 0 Å². The van der Waals surface area contributed by atoms with Gasteiger partial charge in [0.2, 0.25) is 5.91 Å². The van der Waals surface area contributed by atoms with Crippen molar-refractivity contribution in [2.45, 2.75) is 51.1 Å². The number of carbonyl (C=O) groups excluding carboxylic acids is 1. The molecule has 3 aliphatic rings. The summed E-state index contributed by atoms with van der Waals surface area (Å²) < 4.78 is 0. The quantitative estimate of drug-likeness (QED) is 0.762. The van der Waals surface area contributed by atoms with Crippen molar-refractivity contribution in [2.75, 3.05) is 13.1 Å². The normalized spacial score (nSPS) is 32.2. The Bertz CT molecular complexity index is 284. The summed E-state index contributed by atoms with van der Waals surface area (Å²) >= 11 is 0. The monoisotopic (exact) mass is 222 g/mol. The summed E-state index contributed by atoms with van der Waals surface area (Å²) in [7, 11) is 0. The molecule has 0 aromatic heterocycles. The van der Waals surface area contributed by atoms with Gasteiger partial charge in [-0.3, -0.25) is 4.79 Å². The predicted molar refractivity (Wildman–Crippen MR) is 63.0 cm³/mol. The molecule has 0 aromatic carbocycles. The van der Waals surface area contributed by atoms with Gasteiger partial charge in [-0.1, -0.05) is 6.92 Å². The van der Waals surface area contributed by atoms with E-state index in [0.717, 1.165) is 25.4 Å². The van der Waals surface area contributed by atoms with Crippen molar-refractivity contribution in [2.24, 2.45) is 11.8 Å². The minimum atomic E-state index is 0.138. The molecule has 2 saturated carbocycles. The van der Waals surface area contributed by atoms with E-state index in [1.807, 2.05) is 0 Å². The maximum atomic E-state index is 12.1. The summed E-state index contributed by atoms with van der Waals surface area (Å²) in [5.74, 6) is 1.98. The van der Waals surface area contributed by atoms with Crippen molar-refractivity contribution in [3.63, 3.8) is 0 Å². The number of carbonyl (C=O) groups is 1. The van der Waals surface area contributed by atoms with Crippen LogP contribution in [0.25, 0.3) is 0 Å². The molecule has 3 fully saturated rings. The third kappa shape index (κ3) is 2.24. The molecule has 0 radical (unpaired) electrons. The van der Waals surface area contributed by atoms with Crippen LogP contribution in [0.3, 0.4) is 0 Å². The second-order valence-electron chi connectivity index (χ2n) is 5.88. The van der Waals surface area contributed by atoms with E-state index in [1.165, 1.54) is 25.7 Å². The number of nitrogens with zero attached hydrogens (tertiary/aromatic N) is 1. The standard InChI is InChI=1S/C13H22N2O/c1-9(10-2-3-10)8-15-7-6-12(13(15)16)14-11-4-5-11/h9-12,14H,2-8H2,1H3. The maximum absolute atomic E-state index is 12.1. The summed E-state index contributed by atoms with van der Waals surface area (Å²) in [4.78, 5) is 14.2. The first kappa shape index (κ1) is 10.6. The van der Waals surface area contributed by atoms with Gasteiger partial charge in [-0.05, 0) is 43.9 Å². The van der Waals surface area contributed by atoms with E-state index < -0.39 is 0 Å². The van der Waals surface area contributed by atoms with Crippen molar-refractivity contribution in [1.82, 2.24) is 10.2 Å². The second kappa shape index (κ2) is 4.02. The van der Waals surface area contributed by atoms with Gasteiger partial charge in [0.1, 0.15) is 0 Å². The molecular weight excluding hydrogens is 200 g/mol. The van der Waals surface area contributed by atoms with Crippen molar-refractivity contribution in [3.05, 3.63) is 0 Å². The highest BCUT2D eigenvalue weighted by atomic mass is 16.2. The topological polar surface area (TPSA) is 32.3 Å². The largest absolute Gasteiger partial charge is 0.341 e. The summed E-state index contributed by atoms with van der Waals surface area (Å²) in [6, 6.07) is 0.786. The fourth-order valence-electron chi connectivity index (χ4n) is 2.77. The molecule has 1 saturated heterocycles. The van der Waals surface area contributed by atoms with E-state index in [2.05, 4.69) is 17.1 Å². The van der Waals surface area contributed by atoms with Gasteiger partial charge in [0.15, 0.2) is 0 Å². The maximum Gasteiger partial charge on any atom is 0.239 e. The lowest BCUT2D eigenvalue weighted by Gasteiger charge is -2.21. The number of amides is 1. The number of rotatable bonds is 5. The minimum Gasteiger partial charge on any atom is -0.341 e. The van der Waals surface area contributed by atoms with Gasteiger partial charge in [0, 0.05) is 19.1 Å². The van der Waals surface area contributed by atoms with Crippen LogP contribution < -0.4 is 5.32 Å². The number of hydrogen-bond acceptors (Lipinski definition) is 2. The first-order valence-electron chi connectivity index (χ1n) is 6.79. The molecule has 1 N–H and O–H groups in total. The Morgan fingerprint density at radius 3 is 2.69 bits per heavy atom. The van der Waals surface area contributed by atoms with Gasteiger partial charge in [0.05, 0.1) is 6.04 Å². The second-order valence-corrected chi connectivity index (χ2v) is 5.88. The van der Waals surface area contributed by atoms with E-state index in [1.54, 1.807) is 0 Å². The van der Waals surface area contributed by atoms with Crippen LogP contribution in [0.5, 0.6) is 0 Å². The van der Waals surface area contributed by atoms with Crippen molar-refractivity contribution < 1.29 is 4.79 Å². The summed E-state index contributed by atoms with van der Waals surface area (Å²) in [5, 5.41) is 3.46. The van der Waals surface area contributed by atoms with Crippen LogP contribution in [0.2, 0.25) is 0 Å². The van der Waals surface area contributed by atoms with E-state index in [-0.39, 0.29) is 6.04 Å². The number of nitrogens with one attached hydrogen (secondary N) is 1. The van der Waals surface area contributed by atoms with E-state index in [4.69, 9.17) is 0 Å². The van der Waals surface area contributed by atoms with Gasteiger partial charge in [0.25, 0.3) is 0 Å². The molecule has 3 nitrogen and oxygen atoms in total. The average molecular weight is 222 g/mol. The SMILES string of the molecule is CC(CN1CCC(NC2CC2)C1=O)C1CC1. The molecule has 1 heterocycles. The van der Waals surface area contributed by atoms with Crippen LogP contribution in [0.4, 0.5) is 0 Å². The molecule has 3 heteroatoms. The average Bonchev–Trinajstić information content (AvgIpc) is 3.14. The highest BCUT2D eigenvalue weighted by Crippen LogP contribution is 2.37. The van der Waals surface area contributed by atoms with Crippen LogP contribution in [-0.2, 0) is 4.79 Å². The Labute approximate surface area is 97.6 Å². The molecule has 2 aliphatic carbocycles. The lowest BCUT2D eigenvalue weighted by Crippen LogP contribution is -2.40. The molecule has 16 heavy (non-hydrogen) atoms. The molecule has 0 bridgehead atoms. The van der Waals surface area contributed by atoms with E-state index >= 15 is 0 Å². The van der Waals surface area contributed by atoms with Gasteiger partial charge in [-0.15, -0.1) is 0 Å². The summed E-state index contributed by atoms with van der Waals surface area (Å²) in [5.41, 5.74) is 0. The molecule has 90 valence electrons. The molecule has 2 atom stereocenters. The van der Waals surface area contributed by atoms with E-state index in [9.17, 15) is 4.79 Å². The summed E-state index contributed by atoms with van der Waals surface area (Å²) in [6.45, 7) is 4.26. The Morgan fingerprint density at radius 1 is 1.31 bits per heavy atom. The molecule has 2 unspecified atom stereocenters. The zero-order chi connectivity index (χ0) is 11.1. The van der Waals surface area contributed by atoms with E-state index in [0.29, 0.717) is 17.9 Å². The predicted octanol–water partition coefficient (Wildman–Crippen LogP) is 1.39. The fraction of sp³-hybridized carbons (Fsp3) is 0.923. The first-order valence-corrected chi connectivity index (χ1v) is 6.79. The summed E-state index contributed by atoms with van der Waals surface area (Å²) in [6.07, 6.45) is 6.32. The van der Waals surface area contributed by atoms with Gasteiger partial charge < -0.3 is 10.2 Å². The van der Waals surface area contributed by atoms with Crippen LogP contribution in [0, 0.1) is 11.8 Å². The van der Waals surface area contributed by atoms with Crippen molar-refractivity contribution >= 4 is 5.91 Å². The number of hydrogen-bond donors (Lipinski definition) is 1. The fourth-order valence-corrected chi connectivity index (χ4v) is 2.77. The van der Waals surface area contributed by atoms with Crippen molar-refractivity contribution in [3.8, 4) is 0 Å². The Morgan fingerprint density at radius 2 is 2.06 bits per heavy atom. The Hall–Kier alpha value is -0.570. The van der Waals surface area contributed by atoms with Crippen LogP contribution in [0.1, 0.15) is 39.0 Å².